The van der Waals surface area contributed by atoms with Gasteiger partial charge in [0.2, 0.25) is 0 Å². The van der Waals surface area contributed by atoms with Gasteiger partial charge < -0.3 is 0 Å². The highest BCUT2D eigenvalue weighted by atomic mass is 19.3. The molecule has 78 valence electrons. The fourth-order valence-electron chi connectivity index (χ4n) is 0.963. The first-order valence-corrected chi connectivity index (χ1v) is 3.89. The Hall–Kier alpha value is -1.87. The van der Waals surface area contributed by atoms with E-state index >= 15 is 0 Å². The number of Topliss-reactive ketones (excluding diaryl/α,β-unsaturated/α-hetero) is 1. The minimum Gasteiger partial charge on any atom is -0.283 e. The summed E-state index contributed by atoms with van der Waals surface area (Å²) in [5.41, 5.74) is -0.666. The van der Waals surface area contributed by atoms with Crippen LogP contribution in [-0.4, -0.2) is 11.7 Å². The highest BCUT2D eigenvalue weighted by Gasteiger charge is 2.43. The molecule has 0 bridgehead atoms. The van der Waals surface area contributed by atoms with E-state index in [1.165, 1.54) is 18.2 Å². The molecule has 0 aliphatic rings. The van der Waals surface area contributed by atoms with Gasteiger partial charge in [0, 0.05) is 5.56 Å². The summed E-state index contributed by atoms with van der Waals surface area (Å²) in [6.07, 6.45) is 0. The second-order valence-electron chi connectivity index (χ2n) is 2.69. The number of hydrogen-bond acceptors (Lipinski definition) is 2. The number of benzene rings is 1. The van der Waals surface area contributed by atoms with Gasteiger partial charge in [-0.05, 0) is 0 Å². The van der Waals surface area contributed by atoms with Crippen LogP contribution < -0.4 is 0 Å². The number of allylic oxidation sites excluding steroid dienone is 1. The third-order valence-electron chi connectivity index (χ3n) is 1.71. The summed E-state index contributed by atoms with van der Waals surface area (Å²) in [5, 5.41) is 0. The third kappa shape index (κ3) is 2.14. The Morgan fingerprint density at radius 2 is 1.73 bits per heavy atom. The van der Waals surface area contributed by atoms with Gasteiger partial charge in [-0.3, -0.25) is 4.79 Å². The SMILES string of the molecule is O=C=C(F)C(=O)C(F)(F)c1ccccc1. The molecule has 0 aromatic heterocycles. The number of carbonyl (C=O) groups is 1. The van der Waals surface area contributed by atoms with E-state index in [1.807, 2.05) is 0 Å². The van der Waals surface area contributed by atoms with Gasteiger partial charge in [-0.1, -0.05) is 30.3 Å². The van der Waals surface area contributed by atoms with E-state index in [2.05, 4.69) is 0 Å². The summed E-state index contributed by atoms with van der Waals surface area (Å²) in [7, 11) is 0. The van der Waals surface area contributed by atoms with E-state index in [9.17, 15) is 22.8 Å². The molecule has 1 aromatic carbocycles. The molecule has 1 rings (SSSR count). The van der Waals surface area contributed by atoms with E-state index in [0.29, 0.717) is 5.94 Å². The molecule has 0 heterocycles. The quantitative estimate of drug-likeness (QED) is 0.569. The Morgan fingerprint density at radius 3 is 2.20 bits per heavy atom. The summed E-state index contributed by atoms with van der Waals surface area (Å²) in [6.45, 7) is 0. The van der Waals surface area contributed by atoms with Gasteiger partial charge in [0.25, 0.3) is 11.6 Å². The lowest BCUT2D eigenvalue weighted by Crippen LogP contribution is -2.26. The van der Waals surface area contributed by atoms with E-state index in [1.54, 1.807) is 0 Å². The molecule has 15 heavy (non-hydrogen) atoms. The molecular formula is C10H5F3O2. The van der Waals surface area contributed by atoms with Crippen LogP contribution in [0.25, 0.3) is 0 Å². The molecule has 1 aromatic rings. The summed E-state index contributed by atoms with van der Waals surface area (Å²) in [4.78, 5) is 20.5. The van der Waals surface area contributed by atoms with Crippen LogP contribution >= 0.6 is 0 Å². The van der Waals surface area contributed by atoms with Crippen molar-refractivity contribution in [1.29, 1.82) is 0 Å². The number of carbonyl (C=O) groups excluding carboxylic acids is 2. The van der Waals surface area contributed by atoms with E-state index in [4.69, 9.17) is 0 Å². The van der Waals surface area contributed by atoms with Crippen LogP contribution in [0.2, 0.25) is 0 Å². The van der Waals surface area contributed by atoms with E-state index < -0.39 is 23.1 Å². The first-order chi connectivity index (χ1) is 7.00. The van der Waals surface area contributed by atoms with Gasteiger partial charge >= 0.3 is 5.92 Å². The van der Waals surface area contributed by atoms with Gasteiger partial charge in [-0.2, -0.15) is 13.2 Å². The van der Waals surface area contributed by atoms with Crippen molar-refractivity contribution in [3.63, 3.8) is 0 Å². The fraction of sp³-hybridized carbons (Fsp3) is 0.100. The van der Waals surface area contributed by atoms with Crippen LogP contribution in [0.3, 0.4) is 0 Å². The Bertz CT molecular complexity index is 420. The smallest absolute Gasteiger partial charge is 0.283 e. The first kappa shape index (κ1) is 11.2. The number of halogens is 3. The maximum atomic E-state index is 13.2. The van der Waals surface area contributed by atoms with Crippen molar-refractivity contribution in [3.8, 4) is 0 Å². The number of ketones is 1. The predicted octanol–water partition coefficient (Wildman–Crippen LogP) is 2.03. The number of rotatable bonds is 3. The molecule has 2 nitrogen and oxygen atoms in total. The maximum absolute atomic E-state index is 13.2. The van der Waals surface area contributed by atoms with Crippen molar-refractivity contribution in [2.45, 2.75) is 5.92 Å². The lowest BCUT2D eigenvalue weighted by atomic mass is 10.0. The van der Waals surface area contributed by atoms with Crippen molar-refractivity contribution in [3.05, 3.63) is 41.7 Å². The van der Waals surface area contributed by atoms with Crippen LogP contribution in [0.1, 0.15) is 5.56 Å². The lowest BCUT2D eigenvalue weighted by Gasteiger charge is -2.12. The van der Waals surface area contributed by atoms with Gasteiger partial charge in [0.15, 0.2) is 5.94 Å². The van der Waals surface area contributed by atoms with Crippen LogP contribution in [0.5, 0.6) is 0 Å². The normalized spacial score (nSPS) is 10.6. The average Bonchev–Trinajstić information content (AvgIpc) is 2.28. The van der Waals surface area contributed by atoms with Gasteiger partial charge in [0.05, 0.1) is 0 Å². The lowest BCUT2D eigenvalue weighted by molar-refractivity contribution is -0.141. The Labute approximate surface area is 83.0 Å². The molecular weight excluding hydrogens is 209 g/mol. The molecule has 0 saturated heterocycles. The second-order valence-corrected chi connectivity index (χ2v) is 2.69. The highest BCUT2D eigenvalue weighted by molar-refractivity contribution is 6.04. The van der Waals surface area contributed by atoms with Gasteiger partial charge in [0.1, 0.15) is 0 Å². The van der Waals surface area contributed by atoms with Crippen LogP contribution in [-0.2, 0) is 15.5 Å². The molecule has 0 amide bonds. The molecule has 0 N–H and O–H groups in total. The molecule has 0 unspecified atom stereocenters. The third-order valence-corrected chi connectivity index (χ3v) is 1.71. The molecule has 0 aliphatic carbocycles. The van der Waals surface area contributed by atoms with E-state index in [0.717, 1.165) is 12.1 Å². The molecule has 0 fully saturated rings. The van der Waals surface area contributed by atoms with Crippen molar-refractivity contribution in [2.75, 3.05) is 0 Å². The largest absolute Gasteiger partial charge is 0.338 e. The van der Waals surface area contributed by atoms with Crippen molar-refractivity contribution in [2.24, 2.45) is 0 Å². The fourth-order valence-corrected chi connectivity index (χ4v) is 0.963. The molecule has 5 heteroatoms. The molecule has 0 radical (unpaired) electrons. The highest BCUT2D eigenvalue weighted by Crippen LogP contribution is 2.30. The molecule has 0 saturated carbocycles. The topological polar surface area (TPSA) is 34.1 Å². The standard InChI is InChI=1S/C10H5F3O2/c11-8(6-14)9(15)10(12,13)7-4-2-1-3-5-7/h1-5H. The zero-order valence-electron chi connectivity index (χ0n) is 7.34. The van der Waals surface area contributed by atoms with Crippen molar-refractivity contribution in [1.82, 2.24) is 0 Å². The number of hydrogen-bond donors (Lipinski definition) is 0. The zero-order valence-corrected chi connectivity index (χ0v) is 7.34. The van der Waals surface area contributed by atoms with Crippen LogP contribution in [0, 0.1) is 0 Å². The summed E-state index contributed by atoms with van der Waals surface area (Å²) >= 11 is 0. The average molecular weight is 214 g/mol. The van der Waals surface area contributed by atoms with Gasteiger partial charge in [-0.15, -0.1) is 0 Å². The molecule has 0 spiro atoms. The van der Waals surface area contributed by atoms with Gasteiger partial charge in [-0.25, -0.2) is 4.79 Å². The zero-order chi connectivity index (χ0) is 11.5. The second kappa shape index (κ2) is 4.11. The Balaban J connectivity index is 3.14. The van der Waals surface area contributed by atoms with Crippen LogP contribution in [0.15, 0.2) is 36.2 Å². The monoisotopic (exact) mass is 214 g/mol. The number of alkyl halides is 2. The molecule has 0 atom stereocenters. The van der Waals surface area contributed by atoms with Crippen molar-refractivity contribution >= 4 is 11.7 Å². The van der Waals surface area contributed by atoms with E-state index in [-0.39, 0.29) is 0 Å². The maximum Gasteiger partial charge on any atom is 0.338 e. The van der Waals surface area contributed by atoms with Crippen molar-refractivity contribution < 1.29 is 22.8 Å². The summed E-state index contributed by atoms with van der Waals surface area (Å²) in [5.74, 6) is -7.81. The first-order valence-electron chi connectivity index (χ1n) is 3.89. The molecule has 0 aliphatic heterocycles. The summed E-state index contributed by atoms with van der Waals surface area (Å²) < 4.78 is 38.8. The minimum absolute atomic E-state index is 0.511. The summed E-state index contributed by atoms with van der Waals surface area (Å²) in [6, 6.07) is 5.96. The Kier molecular flexibility index (Phi) is 3.07. The van der Waals surface area contributed by atoms with Crippen LogP contribution in [0.4, 0.5) is 13.2 Å². The predicted molar refractivity (Wildman–Crippen MR) is 45.7 cm³/mol. The Morgan fingerprint density at radius 1 is 1.20 bits per heavy atom. The minimum atomic E-state index is -4.04.